The van der Waals surface area contributed by atoms with E-state index in [9.17, 15) is 14.4 Å². The summed E-state index contributed by atoms with van der Waals surface area (Å²) < 4.78 is 11.2. The Labute approximate surface area is 204 Å². The second-order valence-electron chi connectivity index (χ2n) is 8.17. The normalized spacial score (nSPS) is 10.4. The summed E-state index contributed by atoms with van der Waals surface area (Å²) in [5.74, 6) is 0.609. The Morgan fingerprint density at radius 3 is 1.69 bits per heavy atom. The summed E-state index contributed by atoms with van der Waals surface area (Å²) in [6.07, 6.45) is 0.421. The van der Waals surface area contributed by atoms with Gasteiger partial charge in [0.1, 0.15) is 24.7 Å². The van der Waals surface area contributed by atoms with Gasteiger partial charge in [-0.3, -0.25) is 25.2 Å². The maximum absolute atomic E-state index is 12.3. The quantitative estimate of drug-likeness (QED) is 0.301. The van der Waals surface area contributed by atoms with Crippen LogP contribution in [-0.4, -0.2) is 30.9 Å². The van der Waals surface area contributed by atoms with Crippen LogP contribution in [0.5, 0.6) is 11.5 Å². The van der Waals surface area contributed by atoms with Crippen molar-refractivity contribution >= 4 is 23.4 Å². The molecule has 8 nitrogen and oxygen atoms in total. The van der Waals surface area contributed by atoms with Crippen molar-refractivity contribution in [3.63, 3.8) is 0 Å². The molecule has 35 heavy (non-hydrogen) atoms. The molecule has 3 amide bonds. The summed E-state index contributed by atoms with van der Waals surface area (Å²) in [5, 5.41) is 2.78. The van der Waals surface area contributed by atoms with E-state index < -0.39 is 11.8 Å². The van der Waals surface area contributed by atoms with Gasteiger partial charge in [0, 0.05) is 23.2 Å². The third kappa shape index (κ3) is 8.51. The van der Waals surface area contributed by atoms with Gasteiger partial charge in [0.2, 0.25) is 5.91 Å². The molecule has 8 heteroatoms. The summed E-state index contributed by atoms with van der Waals surface area (Å²) in [6.45, 7) is 4.68. The van der Waals surface area contributed by atoms with Crippen LogP contribution in [0.4, 0.5) is 5.69 Å². The van der Waals surface area contributed by atoms with Gasteiger partial charge in [-0.1, -0.05) is 32.0 Å². The number of ether oxygens (including phenoxy) is 2. The molecule has 0 atom stereocenters. The first-order valence-corrected chi connectivity index (χ1v) is 11.3. The molecule has 0 aliphatic heterocycles. The number of hydrazine groups is 1. The zero-order valence-corrected chi connectivity index (χ0v) is 19.7. The van der Waals surface area contributed by atoms with Crippen molar-refractivity contribution in [3.05, 3.63) is 90.0 Å². The SMILES string of the molecule is CC(C)CC(=O)Nc1ccc(C(=O)NNC(=O)c2ccc(OCCOc3ccccc3)cc2)cc1. The fourth-order valence-electron chi connectivity index (χ4n) is 3.08. The predicted molar refractivity (Wildman–Crippen MR) is 133 cm³/mol. The third-order valence-corrected chi connectivity index (χ3v) is 4.79. The minimum absolute atomic E-state index is 0.0820. The van der Waals surface area contributed by atoms with Crippen molar-refractivity contribution in [2.75, 3.05) is 18.5 Å². The van der Waals surface area contributed by atoms with Crippen LogP contribution in [0, 0.1) is 5.92 Å². The molecule has 0 heterocycles. The zero-order chi connectivity index (χ0) is 25.0. The van der Waals surface area contributed by atoms with Crippen LogP contribution < -0.4 is 25.6 Å². The molecular weight excluding hydrogens is 446 g/mol. The molecule has 3 aromatic carbocycles. The van der Waals surface area contributed by atoms with E-state index in [0.717, 1.165) is 5.75 Å². The van der Waals surface area contributed by atoms with Crippen molar-refractivity contribution in [2.45, 2.75) is 20.3 Å². The highest BCUT2D eigenvalue weighted by Crippen LogP contribution is 2.14. The van der Waals surface area contributed by atoms with Crippen molar-refractivity contribution < 1.29 is 23.9 Å². The third-order valence-electron chi connectivity index (χ3n) is 4.79. The second-order valence-corrected chi connectivity index (χ2v) is 8.17. The molecule has 0 spiro atoms. The maximum Gasteiger partial charge on any atom is 0.269 e. The predicted octanol–water partition coefficient (Wildman–Crippen LogP) is 4.20. The summed E-state index contributed by atoms with van der Waals surface area (Å²) >= 11 is 0. The van der Waals surface area contributed by atoms with Gasteiger partial charge in [-0.25, -0.2) is 0 Å². The van der Waals surface area contributed by atoms with Gasteiger partial charge in [-0.2, -0.15) is 0 Å². The minimum Gasteiger partial charge on any atom is -0.490 e. The molecule has 0 aliphatic rings. The van der Waals surface area contributed by atoms with E-state index in [2.05, 4.69) is 16.2 Å². The van der Waals surface area contributed by atoms with E-state index in [1.807, 2.05) is 44.2 Å². The van der Waals surface area contributed by atoms with Crippen LogP contribution in [-0.2, 0) is 4.79 Å². The zero-order valence-electron chi connectivity index (χ0n) is 19.7. The van der Waals surface area contributed by atoms with Gasteiger partial charge >= 0.3 is 0 Å². The highest BCUT2D eigenvalue weighted by molar-refractivity contribution is 5.99. The summed E-state index contributed by atoms with van der Waals surface area (Å²) in [7, 11) is 0. The van der Waals surface area contributed by atoms with Gasteiger partial charge in [0.05, 0.1) is 0 Å². The Kier molecular flexibility index (Phi) is 9.24. The lowest BCUT2D eigenvalue weighted by Gasteiger charge is -2.10. The lowest BCUT2D eigenvalue weighted by Crippen LogP contribution is -2.41. The Morgan fingerprint density at radius 2 is 1.17 bits per heavy atom. The van der Waals surface area contributed by atoms with Crippen molar-refractivity contribution in [2.24, 2.45) is 5.92 Å². The van der Waals surface area contributed by atoms with Gasteiger partial charge in [0.15, 0.2) is 0 Å². The fourth-order valence-corrected chi connectivity index (χ4v) is 3.08. The molecule has 3 rings (SSSR count). The largest absolute Gasteiger partial charge is 0.490 e. The molecule has 3 N–H and O–H groups in total. The number of para-hydroxylation sites is 1. The van der Waals surface area contributed by atoms with E-state index in [1.54, 1.807) is 48.5 Å². The van der Waals surface area contributed by atoms with Gasteiger partial charge in [-0.15, -0.1) is 0 Å². The molecule has 0 unspecified atom stereocenters. The summed E-state index contributed by atoms with van der Waals surface area (Å²) in [5.41, 5.74) is 6.07. The smallest absolute Gasteiger partial charge is 0.269 e. The number of benzene rings is 3. The van der Waals surface area contributed by atoms with Crippen LogP contribution >= 0.6 is 0 Å². The van der Waals surface area contributed by atoms with E-state index in [4.69, 9.17) is 9.47 Å². The molecule has 0 saturated carbocycles. The molecule has 182 valence electrons. The number of rotatable bonds is 10. The molecule has 0 radical (unpaired) electrons. The van der Waals surface area contributed by atoms with E-state index in [0.29, 0.717) is 42.2 Å². The molecule has 0 fully saturated rings. The van der Waals surface area contributed by atoms with Crippen LogP contribution in [0.25, 0.3) is 0 Å². The Balaban J connectivity index is 1.40. The number of anilines is 1. The van der Waals surface area contributed by atoms with Gasteiger partial charge < -0.3 is 14.8 Å². The molecule has 0 bridgehead atoms. The first-order chi connectivity index (χ1) is 16.9. The van der Waals surface area contributed by atoms with Crippen molar-refractivity contribution in [1.29, 1.82) is 0 Å². The minimum atomic E-state index is -0.475. The Bertz CT molecular complexity index is 1110. The Hall–Kier alpha value is -4.33. The lowest BCUT2D eigenvalue weighted by atomic mass is 10.1. The number of nitrogens with one attached hydrogen (secondary N) is 3. The summed E-state index contributed by atoms with van der Waals surface area (Å²) in [4.78, 5) is 36.5. The lowest BCUT2D eigenvalue weighted by molar-refractivity contribution is -0.116. The molecular formula is C27H29N3O5. The summed E-state index contributed by atoms with van der Waals surface area (Å²) in [6, 6.07) is 22.4. The number of hydrogen-bond acceptors (Lipinski definition) is 5. The van der Waals surface area contributed by atoms with E-state index >= 15 is 0 Å². The monoisotopic (exact) mass is 475 g/mol. The average molecular weight is 476 g/mol. The van der Waals surface area contributed by atoms with Crippen LogP contribution in [0.3, 0.4) is 0 Å². The maximum atomic E-state index is 12.3. The van der Waals surface area contributed by atoms with Crippen molar-refractivity contribution in [1.82, 2.24) is 10.9 Å². The highest BCUT2D eigenvalue weighted by Gasteiger charge is 2.10. The number of carbonyl (C=O) groups excluding carboxylic acids is 3. The highest BCUT2D eigenvalue weighted by atomic mass is 16.5. The van der Waals surface area contributed by atoms with E-state index in [-0.39, 0.29) is 11.8 Å². The van der Waals surface area contributed by atoms with Gasteiger partial charge in [0.25, 0.3) is 11.8 Å². The van der Waals surface area contributed by atoms with Crippen molar-refractivity contribution in [3.8, 4) is 11.5 Å². The molecule has 0 saturated heterocycles. The molecule has 0 aliphatic carbocycles. The van der Waals surface area contributed by atoms with Gasteiger partial charge in [-0.05, 0) is 66.6 Å². The standard InChI is InChI=1S/C27H29N3O5/c1-19(2)18-25(31)28-22-12-8-20(9-13-22)26(32)29-30-27(33)21-10-14-24(15-11-21)35-17-16-34-23-6-4-3-5-7-23/h3-15,19H,16-18H2,1-2H3,(H,28,31)(H,29,32)(H,30,33). The topological polar surface area (TPSA) is 106 Å². The number of carbonyl (C=O) groups is 3. The fraction of sp³-hybridized carbons (Fsp3) is 0.222. The Morgan fingerprint density at radius 1 is 0.686 bits per heavy atom. The second kappa shape index (κ2) is 12.8. The number of hydrogen-bond donors (Lipinski definition) is 3. The molecule has 0 aromatic heterocycles. The number of amides is 3. The first-order valence-electron chi connectivity index (χ1n) is 11.3. The average Bonchev–Trinajstić information content (AvgIpc) is 2.86. The molecule has 3 aromatic rings. The van der Waals surface area contributed by atoms with E-state index in [1.165, 1.54) is 0 Å². The van der Waals surface area contributed by atoms with Crippen LogP contribution in [0.2, 0.25) is 0 Å². The van der Waals surface area contributed by atoms with Crippen LogP contribution in [0.15, 0.2) is 78.9 Å². The van der Waals surface area contributed by atoms with Crippen LogP contribution in [0.1, 0.15) is 41.0 Å². The first kappa shape index (κ1) is 25.3.